The predicted octanol–water partition coefficient (Wildman–Crippen LogP) is 2.23. The molecule has 0 radical (unpaired) electrons. The second-order valence-electron chi connectivity index (χ2n) is 2.79. The van der Waals surface area contributed by atoms with Crippen LogP contribution in [0.15, 0.2) is 24.3 Å². The number of rotatable bonds is 3. The summed E-state index contributed by atoms with van der Waals surface area (Å²) in [5, 5.41) is 0. The van der Waals surface area contributed by atoms with Gasteiger partial charge in [0, 0.05) is 6.42 Å². The first kappa shape index (κ1) is 8.50. The predicted molar refractivity (Wildman–Crippen MR) is 44.0 cm³/mol. The van der Waals surface area contributed by atoms with E-state index in [1.54, 1.807) is 0 Å². The summed E-state index contributed by atoms with van der Waals surface area (Å²) in [6.45, 7) is 4.50. The van der Waals surface area contributed by atoms with Crippen molar-refractivity contribution in [3.05, 3.63) is 24.3 Å². The van der Waals surface area contributed by atoms with Crippen molar-refractivity contribution in [2.24, 2.45) is 0 Å². The fourth-order valence-corrected chi connectivity index (χ4v) is 0.963. The lowest BCUT2D eigenvalue weighted by Crippen LogP contribution is -2.26. The summed E-state index contributed by atoms with van der Waals surface area (Å²) in [6.07, 6.45) is 8.94. The van der Waals surface area contributed by atoms with Gasteiger partial charge in [-0.3, -0.25) is 0 Å². The lowest BCUT2D eigenvalue weighted by Gasteiger charge is -2.24. The second kappa shape index (κ2) is 3.69. The lowest BCUT2D eigenvalue weighted by molar-refractivity contribution is -0.341. The summed E-state index contributed by atoms with van der Waals surface area (Å²) in [5.74, 6) is 0. The highest BCUT2D eigenvalue weighted by atomic mass is 17.2. The molecule has 62 valence electrons. The Morgan fingerprint density at radius 1 is 1.45 bits per heavy atom. The van der Waals surface area contributed by atoms with E-state index in [0.717, 1.165) is 6.42 Å². The first-order valence-corrected chi connectivity index (χ1v) is 3.92. The Balaban J connectivity index is 2.40. The van der Waals surface area contributed by atoms with Crippen LogP contribution >= 0.6 is 0 Å². The fourth-order valence-electron chi connectivity index (χ4n) is 0.963. The van der Waals surface area contributed by atoms with E-state index in [4.69, 9.17) is 9.78 Å². The van der Waals surface area contributed by atoms with Crippen LogP contribution in [0.4, 0.5) is 0 Å². The maximum absolute atomic E-state index is 5.18. The average molecular weight is 154 g/mol. The molecule has 1 aliphatic rings. The van der Waals surface area contributed by atoms with Crippen LogP contribution in [0.1, 0.15) is 20.3 Å². The van der Waals surface area contributed by atoms with Crippen molar-refractivity contribution in [2.75, 3.05) is 6.61 Å². The molecule has 0 aromatic rings. The number of hydrogen-bond donors (Lipinski definition) is 0. The van der Waals surface area contributed by atoms with Gasteiger partial charge in [0.25, 0.3) is 0 Å². The zero-order valence-electron chi connectivity index (χ0n) is 7.04. The van der Waals surface area contributed by atoms with Gasteiger partial charge in [-0.15, -0.1) is 0 Å². The van der Waals surface area contributed by atoms with Gasteiger partial charge in [-0.25, -0.2) is 9.78 Å². The molecule has 0 saturated heterocycles. The minimum absolute atomic E-state index is 0.259. The second-order valence-corrected chi connectivity index (χ2v) is 2.79. The molecule has 0 aliphatic heterocycles. The van der Waals surface area contributed by atoms with Crippen molar-refractivity contribution in [1.82, 2.24) is 0 Å². The molecule has 0 aromatic heterocycles. The molecule has 0 N–H and O–H groups in total. The smallest absolute Gasteiger partial charge is 0.122 e. The molecule has 2 heteroatoms. The maximum Gasteiger partial charge on any atom is 0.122 e. The quantitative estimate of drug-likeness (QED) is 0.458. The summed E-state index contributed by atoms with van der Waals surface area (Å²) in [5.41, 5.74) is -0.259. The highest BCUT2D eigenvalue weighted by molar-refractivity contribution is 5.16. The topological polar surface area (TPSA) is 18.5 Å². The van der Waals surface area contributed by atoms with E-state index >= 15 is 0 Å². The van der Waals surface area contributed by atoms with Crippen LogP contribution in [0, 0.1) is 0 Å². The third-order valence-electron chi connectivity index (χ3n) is 1.59. The molecular weight excluding hydrogens is 140 g/mol. The van der Waals surface area contributed by atoms with Crippen molar-refractivity contribution in [3.8, 4) is 0 Å². The molecule has 1 unspecified atom stereocenters. The lowest BCUT2D eigenvalue weighted by atomic mass is 9.98. The Hall–Kier alpha value is -0.600. The SMILES string of the molecule is CCOOC1(C)C=CC=CC1. The Labute approximate surface area is 67.4 Å². The van der Waals surface area contributed by atoms with Gasteiger partial charge in [0.15, 0.2) is 0 Å². The largest absolute Gasteiger partial charge is 0.236 e. The number of hydrogen-bond acceptors (Lipinski definition) is 2. The molecule has 0 saturated carbocycles. The third kappa shape index (κ3) is 2.48. The fraction of sp³-hybridized carbons (Fsp3) is 0.556. The maximum atomic E-state index is 5.18. The molecule has 11 heavy (non-hydrogen) atoms. The Morgan fingerprint density at radius 2 is 2.27 bits per heavy atom. The van der Waals surface area contributed by atoms with E-state index in [9.17, 15) is 0 Å². The van der Waals surface area contributed by atoms with Crippen molar-refractivity contribution in [1.29, 1.82) is 0 Å². The van der Waals surface area contributed by atoms with Gasteiger partial charge in [-0.2, -0.15) is 0 Å². The van der Waals surface area contributed by atoms with Crippen molar-refractivity contribution >= 4 is 0 Å². The Kier molecular flexibility index (Phi) is 2.85. The van der Waals surface area contributed by atoms with Crippen molar-refractivity contribution in [2.45, 2.75) is 25.9 Å². The first-order chi connectivity index (χ1) is 5.27. The van der Waals surface area contributed by atoms with E-state index in [1.165, 1.54) is 0 Å². The molecule has 1 atom stereocenters. The van der Waals surface area contributed by atoms with Crippen LogP contribution in [0.5, 0.6) is 0 Å². The van der Waals surface area contributed by atoms with Gasteiger partial charge in [0.2, 0.25) is 0 Å². The minimum atomic E-state index is -0.259. The van der Waals surface area contributed by atoms with Gasteiger partial charge in [-0.1, -0.05) is 18.2 Å². The Morgan fingerprint density at radius 3 is 2.82 bits per heavy atom. The van der Waals surface area contributed by atoms with Crippen LogP contribution in [-0.2, 0) is 9.78 Å². The molecule has 0 bridgehead atoms. The van der Waals surface area contributed by atoms with Crippen LogP contribution in [0.25, 0.3) is 0 Å². The zero-order chi connectivity index (χ0) is 8.16. The summed E-state index contributed by atoms with van der Waals surface area (Å²) in [4.78, 5) is 10.1. The average Bonchev–Trinajstić information content (AvgIpc) is 2.03. The molecule has 1 aliphatic carbocycles. The van der Waals surface area contributed by atoms with Gasteiger partial charge in [0.1, 0.15) is 5.60 Å². The monoisotopic (exact) mass is 154 g/mol. The molecule has 0 fully saturated rings. The van der Waals surface area contributed by atoms with Gasteiger partial charge in [0.05, 0.1) is 6.61 Å². The van der Waals surface area contributed by atoms with Crippen molar-refractivity contribution < 1.29 is 9.78 Å². The van der Waals surface area contributed by atoms with Crippen LogP contribution in [-0.4, -0.2) is 12.2 Å². The molecule has 0 spiro atoms. The van der Waals surface area contributed by atoms with Crippen LogP contribution < -0.4 is 0 Å². The molecular formula is C9H14O2. The third-order valence-corrected chi connectivity index (χ3v) is 1.59. The molecule has 0 heterocycles. The van der Waals surface area contributed by atoms with Gasteiger partial charge < -0.3 is 0 Å². The summed E-state index contributed by atoms with van der Waals surface area (Å²) in [6, 6.07) is 0. The normalized spacial score (nSPS) is 29.3. The van der Waals surface area contributed by atoms with Crippen LogP contribution in [0.2, 0.25) is 0 Å². The number of allylic oxidation sites excluding steroid dienone is 2. The Bertz CT molecular complexity index is 172. The summed E-state index contributed by atoms with van der Waals surface area (Å²) < 4.78 is 0. The van der Waals surface area contributed by atoms with Crippen LogP contribution in [0.3, 0.4) is 0 Å². The zero-order valence-corrected chi connectivity index (χ0v) is 7.04. The van der Waals surface area contributed by atoms with E-state index in [1.807, 2.05) is 32.1 Å². The summed E-state index contributed by atoms with van der Waals surface area (Å²) in [7, 11) is 0. The van der Waals surface area contributed by atoms with E-state index in [-0.39, 0.29) is 5.60 Å². The molecule has 2 nitrogen and oxygen atoms in total. The molecule has 0 amide bonds. The minimum Gasteiger partial charge on any atom is -0.236 e. The first-order valence-electron chi connectivity index (χ1n) is 3.92. The van der Waals surface area contributed by atoms with Gasteiger partial charge in [-0.05, 0) is 19.9 Å². The highest BCUT2D eigenvalue weighted by Gasteiger charge is 2.22. The molecule has 1 rings (SSSR count). The van der Waals surface area contributed by atoms with E-state index in [2.05, 4.69) is 6.08 Å². The van der Waals surface area contributed by atoms with Crippen molar-refractivity contribution in [3.63, 3.8) is 0 Å². The molecule has 0 aromatic carbocycles. The highest BCUT2D eigenvalue weighted by Crippen LogP contribution is 2.21. The summed E-state index contributed by atoms with van der Waals surface area (Å²) >= 11 is 0. The standard InChI is InChI=1S/C9H14O2/c1-3-10-11-9(2)7-5-4-6-8-9/h4-7H,3,8H2,1-2H3. The van der Waals surface area contributed by atoms with Gasteiger partial charge >= 0.3 is 0 Å². The van der Waals surface area contributed by atoms with E-state index < -0.39 is 0 Å². The van der Waals surface area contributed by atoms with E-state index in [0.29, 0.717) is 6.61 Å².